The molecular formula is C25H18FN3O3. The Hall–Kier alpha value is -4.26. The molecule has 3 aromatic carbocycles. The van der Waals surface area contributed by atoms with Gasteiger partial charge in [0.25, 0.3) is 17.7 Å². The van der Waals surface area contributed by atoms with Crippen molar-refractivity contribution < 1.29 is 18.8 Å². The Labute approximate surface area is 182 Å². The molecule has 1 aliphatic heterocycles. The molecule has 1 aliphatic rings. The lowest BCUT2D eigenvalue weighted by atomic mass is 10.1. The quantitative estimate of drug-likeness (QED) is 0.489. The first-order chi connectivity index (χ1) is 15.5. The van der Waals surface area contributed by atoms with Crippen molar-refractivity contribution in [1.29, 1.82) is 0 Å². The number of para-hydroxylation sites is 1. The maximum absolute atomic E-state index is 13.2. The van der Waals surface area contributed by atoms with Gasteiger partial charge in [-0.05, 0) is 60.0 Å². The number of benzene rings is 3. The molecule has 0 saturated heterocycles. The number of amides is 3. The third-order valence-corrected chi connectivity index (χ3v) is 5.55. The van der Waals surface area contributed by atoms with Crippen LogP contribution in [0.1, 0.15) is 31.1 Å². The van der Waals surface area contributed by atoms with Crippen LogP contribution < -0.4 is 10.2 Å². The highest BCUT2D eigenvalue weighted by atomic mass is 19.1. The van der Waals surface area contributed by atoms with E-state index in [0.717, 1.165) is 15.8 Å². The van der Waals surface area contributed by atoms with Gasteiger partial charge in [-0.1, -0.05) is 18.2 Å². The van der Waals surface area contributed by atoms with E-state index in [9.17, 15) is 18.8 Å². The van der Waals surface area contributed by atoms with Gasteiger partial charge in [-0.3, -0.25) is 14.4 Å². The molecule has 4 aromatic rings. The highest BCUT2D eigenvalue weighted by Gasteiger charge is 2.37. The van der Waals surface area contributed by atoms with Crippen molar-refractivity contribution in [2.75, 3.05) is 11.4 Å². The number of nitrogens with one attached hydrogen (secondary N) is 1. The lowest BCUT2D eigenvalue weighted by Crippen LogP contribution is -2.29. The summed E-state index contributed by atoms with van der Waals surface area (Å²) in [4.78, 5) is 39.2. The minimum atomic E-state index is -0.537. The molecule has 1 aromatic heterocycles. The number of carbonyl (C=O) groups excluding carboxylic acids is 3. The number of fused-ring (bicyclic) bond motifs is 2. The molecule has 5 rings (SSSR count). The molecule has 0 spiro atoms. The molecule has 1 N–H and O–H groups in total. The molecule has 0 radical (unpaired) electrons. The normalized spacial score (nSPS) is 13.0. The highest BCUT2D eigenvalue weighted by Crippen LogP contribution is 2.29. The molecule has 0 fully saturated rings. The molecule has 6 nitrogen and oxygen atoms in total. The van der Waals surface area contributed by atoms with Crippen molar-refractivity contribution in [3.8, 4) is 0 Å². The number of anilines is 1. The monoisotopic (exact) mass is 427 g/mol. The summed E-state index contributed by atoms with van der Waals surface area (Å²) in [6.07, 6.45) is 1.97. The zero-order valence-electron chi connectivity index (χ0n) is 16.9. The lowest BCUT2D eigenvalue weighted by Gasteiger charge is -2.13. The van der Waals surface area contributed by atoms with Gasteiger partial charge in [0.1, 0.15) is 5.82 Å². The largest absolute Gasteiger partial charge is 0.350 e. The molecule has 0 atom stereocenters. The Kier molecular flexibility index (Phi) is 4.78. The Morgan fingerprint density at radius 1 is 0.875 bits per heavy atom. The van der Waals surface area contributed by atoms with Gasteiger partial charge in [-0.25, -0.2) is 9.29 Å². The van der Waals surface area contributed by atoms with E-state index in [0.29, 0.717) is 18.7 Å². The fraction of sp³-hybridized carbons (Fsp3) is 0.0800. The van der Waals surface area contributed by atoms with Gasteiger partial charge >= 0.3 is 0 Å². The minimum absolute atomic E-state index is 0.156. The van der Waals surface area contributed by atoms with Crippen LogP contribution in [-0.4, -0.2) is 28.8 Å². The molecule has 158 valence electrons. The number of nitrogens with zero attached hydrogens (tertiary/aromatic N) is 2. The summed E-state index contributed by atoms with van der Waals surface area (Å²) in [5.41, 5.74) is 2.04. The van der Waals surface area contributed by atoms with Gasteiger partial charge in [-0.15, -0.1) is 0 Å². The predicted octanol–water partition coefficient (Wildman–Crippen LogP) is 4.01. The summed E-state index contributed by atoms with van der Waals surface area (Å²) in [7, 11) is 0. The topological polar surface area (TPSA) is 71.4 Å². The van der Waals surface area contributed by atoms with Crippen molar-refractivity contribution in [3.63, 3.8) is 0 Å². The number of imide groups is 1. The maximum Gasteiger partial charge on any atom is 0.266 e. The van der Waals surface area contributed by atoms with E-state index in [1.807, 2.05) is 36.5 Å². The summed E-state index contributed by atoms with van der Waals surface area (Å²) in [5.74, 6) is -1.82. The molecule has 0 bridgehead atoms. The van der Waals surface area contributed by atoms with Gasteiger partial charge in [0.15, 0.2) is 0 Å². The van der Waals surface area contributed by atoms with E-state index in [4.69, 9.17) is 0 Å². The van der Waals surface area contributed by atoms with Crippen LogP contribution in [0.15, 0.2) is 79.0 Å². The third-order valence-electron chi connectivity index (χ3n) is 5.55. The molecule has 0 saturated carbocycles. The van der Waals surface area contributed by atoms with Gasteiger partial charge in [-0.2, -0.15) is 0 Å². The van der Waals surface area contributed by atoms with E-state index >= 15 is 0 Å². The Balaban J connectivity index is 1.30. The average Bonchev–Trinajstić information content (AvgIpc) is 3.33. The van der Waals surface area contributed by atoms with E-state index in [-0.39, 0.29) is 22.7 Å². The van der Waals surface area contributed by atoms with Crippen LogP contribution in [0.4, 0.5) is 10.1 Å². The standard InChI is InChI=1S/C25H18FN3O3/c26-18-6-8-19(9-7-18)29-24(31)20-10-5-17(15-21(20)25(29)32)23(30)27-12-14-28-13-11-16-3-1-2-4-22(16)28/h1-11,13,15H,12,14H2,(H,27,30). The summed E-state index contributed by atoms with van der Waals surface area (Å²) < 4.78 is 15.3. The van der Waals surface area contributed by atoms with Crippen LogP contribution in [0.5, 0.6) is 0 Å². The molecule has 3 amide bonds. The van der Waals surface area contributed by atoms with E-state index in [2.05, 4.69) is 9.88 Å². The van der Waals surface area contributed by atoms with Crippen molar-refractivity contribution in [2.45, 2.75) is 6.54 Å². The SMILES string of the molecule is O=C(NCCn1ccc2ccccc21)c1ccc2c(c1)C(=O)N(c1ccc(F)cc1)C2=O. The zero-order chi connectivity index (χ0) is 22.2. The number of hydrogen-bond acceptors (Lipinski definition) is 3. The molecule has 0 aliphatic carbocycles. The first-order valence-electron chi connectivity index (χ1n) is 10.1. The minimum Gasteiger partial charge on any atom is -0.350 e. The number of halogens is 1. The summed E-state index contributed by atoms with van der Waals surface area (Å²) in [5, 5.41) is 3.99. The van der Waals surface area contributed by atoms with Crippen molar-refractivity contribution in [3.05, 3.63) is 102 Å². The third kappa shape index (κ3) is 3.33. The lowest BCUT2D eigenvalue weighted by molar-refractivity contribution is 0.0923. The van der Waals surface area contributed by atoms with Gasteiger partial charge in [0.2, 0.25) is 0 Å². The van der Waals surface area contributed by atoms with Crippen LogP contribution in [0.3, 0.4) is 0 Å². The second-order valence-electron chi connectivity index (χ2n) is 7.51. The van der Waals surface area contributed by atoms with Crippen LogP contribution in [-0.2, 0) is 6.54 Å². The number of aromatic nitrogens is 1. The van der Waals surface area contributed by atoms with Crippen LogP contribution in [0.25, 0.3) is 10.9 Å². The zero-order valence-corrected chi connectivity index (χ0v) is 16.9. The predicted molar refractivity (Wildman–Crippen MR) is 118 cm³/mol. The smallest absolute Gasteiger partial charge is 0.266 e. The Morgan fingerprint density at radius 2 is 1.62 bits per heavy atom. The molecular weight excluding hydrogens is 409 g/mol. The fourth-order valence-electron chi connectivity index (χ4n) is 3.93. The number of rotatable bonds is 5. The van der Waals surface area contributed by atoms with Gasteiger partial charge < -0.3 is 9.88 Å². The molecule has 2 heterocycles. The maximum atomic E-state index is 13.2. The summed E-state index contributed by atoms with van der Waals surface area (Å²) in [6.45, 7) is 1.00. The second kappa shape index (κ2) is 7.77. The number of carbonyl (C=O) groups is 3. The van der Waals surface area contributed by atoms with E-state index < -0.39 is 17.6 Å². The molecule has 0 unspecified atom stereocenters. The van der Waals surface area contributed by atoms with Crippen molar-refractivity contribution in [2.24, 2.45) is 0 Å². The Morgan fingerprint density at radius 3 is 2.44 bits per heavy atom. The van der Waals surface area contributed by atoms with E-state index in [1.165, 1.54) is 42.5 Å². The summed E-state index contributed by atoms with van der Waals surface area (Å²) >= 11 is 0. The second-order valence-corrected chi connectivity index (χ2v) is 7.51. The van der Waals surface area contributed by atoms with Crippen LogP contribution in [0, 0.1) is 5.82 Å². The van der Waals surface area contributed by atoms with Crippen LogP contribution in [0.2, 0.25) is 0 Å². The average molecular weight is 427 g/mol. The fourth-order valence-corrected chi connectivity index (χ4v) is 3.93. The Bertz CT molecular complexity index is 1370. The summed E-state index contributed by atoms with van der Waals surface area (Å²) in [6, 6.07) is 19.6. The first kappa shape index (κ1) is 19.7. The molecule has 7 heteroatoms. The van der Waals surface area contributed by atoms with E-state index in [1.54, 1.807) is 0 Å². The van der Waals surface area contributed by atoms with Crippen molar-refractivity contribution in [1.82, 2.24) is 9.88 Å². The molecule has 32 heavy (non-hydrogen) atoms. The van der Waals surface area contributed by atoms with Gasteiger partial charge in [0.05, 0.1) is 16.8 Å². The number of hydrogen-bond donors (Lipinski definition) is 1. The van der Waals surface area contributed by atoms with Crippen LogP contribution >= 0.6 is 0 Å². The van der Waals surface area contributed by atoms with Gasteiger partial charge in [0, 0.05) is 30.4 Å². The highest BCUT2D eigenvalue weighted by molar-refractivity contribution is 6.34. The van der Waals surface area contributed by atoms with Crippen molar-refractivity contribution >= 4 is 34.3 Å². The first-order valence-corrected chi connectivity index (χ1v) is 10.1.